The second kappa shape index (κ2) is 13.3. The van der Waals surface area contributed by atoms with Crippen molar-refractivity contribution in [2.45, 2.75) is 59.6 Å². The number of ether oxygens (including phenoxy) is 2. The molecule has 6 rings (SSSR count). The summed E-state index contributed by atoms with van der Waals surface area (Å²) in [7, 11) is 0. The van der Waals surface area contributed by atoms with Crippen molar-refractivity contribution in [3.8, 4) is 22.5 Å². The van der Waals surface area contributed by atoms with E-state index in [4.69, 9.17) is 9.47 Å². The molecule has 2 aliphatic heterocycles. The molecule has 2 saturated heterocycles. The fourth-order valence-corrected chi connectivity index (χ4v) is 6.78. The van der Waals surface area contributed by atoms with Crippen LogP contribution in [0.3, 0.4) is 0 Å². The Kier molecular flexibility index (Phi) is 9.37. The maximum atomic E-state index is 13.8. The number of pyridine rings is 1. The molecule has 15 nitrogen and oxygen atoms in total. The Labute approximate surface area is 261 Å². The van der Waals surface area contributed by atoms with Crippen molar-refractivity contribution in [2.24, 2.45) is 0 Å². The predicted octanol–water partition coefficient (Wildman–Crippen LogP) is -0.591. The third-order valence-electron chi connectivity index (χ3n) is 7.85. The van der Waals surface area contributed by atoms with Gasteiger partial charge in [0.15, 0.2) is 17.5 Å². The monoisotopic (exact) mass is 667 g/mol. The van der Waals surface area contributed by atoms with Gasteiger partial charge in [0, 0.05) is 23.5 Å². The number of aliphatic hydroxyl groups is 6. The molecule has 6 N–H and O–H groups in total. The molecule has 4 unspecified atom stereocenters. The van der Waals surface area contributed by atoms with Crippen molar-refractivity contribution in [1.29, 1.82) is 0 Å². The maximum Gasteiger partial charge on any atom is 0.194 e. The summed E-state index contributed by atoms with van der Waals surface area (Å²) in [6.45, 7) is -1.35. The summed E-state index contributed by atoms with van der Waals surface area (Å²) in [6, 6.07) is 2.29. The Hall–Kier alpha value is -3.53. The molecule has 10 atom stereocenters. The van der Waals surface area contributed by atoms with Crippen LogP contribution in [-0.2, 0) is 9.47 Å². The van der Waals surface area contributed by atoms with Gasteiger partial charge in [-0.3, -0.25) is 4.98 Å². The SMILES string of the molecule is OCC1O[C@@H](S[C@@H]2O[C@H](CO)C(O)C(n3cc(-c4ccncc4)nn3)[C@H]2O)[C@@H](O)C(n2cc(-c3cc(F)c(F)c(F)c3)nn2)[C@H]1O. The Balaban J connectivity index is 1.25. The molecule has 0 bridgehead atoms. The van der Waals surface area contributed by atoms with Gasteiger partial charge >= 0.3 is 0 Å². The van der Waals surface area contributed by atoms with Crippen LogP contribution in [0, 0.1) is 17.5 Å². The number of nitrogens with zero attached hydrogens (tertiary/aromatic N) is 7. The molecular formula is C27H28F3N7O8S. The smallest absolute Gasteiger partial charge is 0.194 e. The minimum Gasteiger partial charge on any atom is -0.394 e. The molecule has 0 aliphatic carbocycles. The Morgan fingerprint density at radius 2 is 1.15 bits per heavy atom. The summed E-state index contributed by atoms with van der Waals surface area (Å²) in [5.74, 6) is -4.58. The molecule has 2 aliphatic rings. The first-order valence-corrected chi connectivity index (χ1v) is 14.8. The van der Waals surface area contributed by atoms with Crippen LogP contribution in [0.5, 0.6) is 0 Å². The third-order valence-corrected chi connectivity index (χ3v) is 9.17. The van der Waals surface area contributed by atoms with Gasteiger partial charge in [-0.25, -0.2) is 22.5 Å². The van der Waals surface area contributed by atoms with Gasteiger partial charge in [0.25, 0.3) is 0 Å². The summed E-state index contributed by atoms with van der Waals surface area (Å²) >= 11 is 0.748. The average Bonchev–Trinajstić information content (AvgIpc) is 3.74. The van der Waals surface area contributed by atoms with E-state index in [-0.39, 0.29) is 11.3 Å². The van der Waals surface area contributed by atoms with Crippen molar-refractivity contribution in [3.63, 3.8) is 0 Å². The highest BCUT2D eigenvalue weighted by Gasteiger charge is 2.51. The van der Waals surface area contributed by atoms with E-state index in [1.54, 1.807) is 24.5 Å². The number of halogens is 3. The number of hydrogen-bond donors (Lipinski definition) is 6. The van der Waals surface area contributed by atoms with Crippen molar-refractivity contribution in [1.82, 2.24) is 35.0 Å². The molecule has 246 valence electrons. The number of benzene rings is 1. The number of aromatic nitrogens is 7. The van der Waals surface area contributed by atoms with Crippen LogP contribution < -0.4 is 0 Å². The van der Waals surface area contributed by atoms with Crippen LogP contribution in [0.2, 0.25) is 0 Å². The first-order valence-electron chi connectivity index (χ1n) is 13.9. The fourth-order valence-electron chi connectivity index (χ4n) is 5.45. The molecule has 0 amide bonds. The van der Waals surface area contributed by atoms with Gasteiger partial charge in [0.05, 0.1) is 25.6 Å². The minimum atomic E-state index is -1.67. The minimum absolute atomic E-state index is 0.110. The Bertz CT molecular complexity index is 1630. The maximum absolute atomic E-state index is 13.8. The molecule has 4 aromatic rings. The lowest BCUT2D eigenvalue weighted by Crippen LogP contribution is -2.58. The highest BCUT2D eigenvalue weighted by atomic mass is 32.2. The summed E-state index contributed by atoms with van der Waals surface area (Å²) in [4.78, 5) is 3.95. The van der Waals surface area contributed by atoms with E-state index in [1.807, 2.05) is 0 Å². The molecule has 5 heterocycles. The molecule has 3 aromatic heterocycles. The van der Waals surface area contributed by atoms with Gasteiger partial charge in [0.1, 0.15) is 71.0 Å². The van der Waals surface area contributed by atoms with Gasteiger partial charge in [0.2, 0.25) is 0 Å². The number of aliphatic hydroxyl groups excluding tert-OH is 6. The van der Waals surface area contributed by atoms with Gasteiger partial charge in [-0.2, -0.15) is 0 Å². The van der Waals surface area contributed by atoms with Gasteiger partial charge in [-0.15, -0.1) is 10.2 Å². The molecule has 19 heteroatoms. The van der Waals surface area contributed by atoms with Crippen LogP contribution in [0.4, 0.5) is 13.2 Å². The van der Waals surface area contributed by atoms with E-state index in [0.29, 0.717) is 23.4 Å². The normalized spacial score (nSPS) is 31.7. The molecule has 0 radical (unpaired) electrons. The number of thioether (sulfide) groups is 1. The van der Waals surface area contributed by atoms with Crippen LogP contribution in [-0.4, -0.2) is 126 Å². The van der Waals surface area contributed by atoms with E-state index >= 15 is 0 Å². The van der Waals surface area contributed by atoms with E-state index in [9.17, 15) is 43.8 Å². The topological polar surface area (TPSA) is 214 Å². The molecule has 1 aromatic carbocycles. The summed E-state index contributed by atoms with van der Waals surface area (Å²) in [5, 5.41) is 80.4. The average molecular weight is 668 g/mol. The number of rotatable bonds is 8. The second-order valence-electron chi connectivity index (χ2n) is 10.7. The van der Waals surface area contributed by atoms with Crippen LogP contribution in [0.1, 0.15) is 12.1 Å². The van der Waals surface area contributed by atoms with Crippen molar-refractivity contribution in [3.05, 3.63) is 66.5 Å². The van der Waals surface area contributed by atoms with Crippen molar-refractivity contribution >= 4 is 11.8 Å². The van der Waals surface area contributed by atoms with E-state index in [0.717, 1.165) is 22.6 Å². The largest absolute Gasteiger partial charge is 0.394 e. The molecular weight excluding hydrogens is 639 g/mol. The highest BCUT2D eigenvalue weighted by molar-refractivity contribution is 8.00. The first kappa shape index (κ1) is 32.4. The van der Waals surface area contributed by atoms with Gasteiger partial charge in [-0.1, -0.05) is 22.2 Å². The van der Waals surface area contributed by atoms with E-state index < -0.39 is 90.2 Å². The third kappa shape index (κ3) is 6.00. The molecule has 46 heavy (non-hydrogen) atoms. The van der Waals surface area contributed by atoms with E-state index in [1.165, 1.54) is 10.9 Å². The summed E-state index contributed by atoms with van der Waals surface area (Å²) < 4.78 is 54.9. The van der Waals surface area contributed by atoms with Gasteiger partial charge < -0.3 is 40.1 Å². The second-order valence-corrected chi connectivity index (χ2v) is 11.9. The van der Waals surface area contributed by atoms with Crippen LogP contribution >= 0.6 is 11.8 Å². The lowest BCUT2D eigenvalue weighted by atomic mass is 9.97. The predicted molar refractivity (Wildman–Crippen MR) is 150 cm³/mol. The van der Waals surface area contributed by atoms with Crippen molar-refractivity contribution in [2.75, 3.05) is 13.2 Å². The lowest BCUT2D eigenvalue weighted by Gasteiger charge is -2.46. The zero-order valence-electron chi connectivity index (χ0n) is 23.5. The molecule has 0 saturated carbocycles. The van der Waals surface area contributed by atoms with Gasteiger partial charge in [-0.05, 0) is 24.3 Å². The zero-order chi connectivity index (χ0) is 32.7. The lowest BCUT2D eigenvalue weighted by molar-refractivity contribution is -0.189. The van der Waals surface area contributed by atoms with Crippen molar-refractivity contribution < 1.29 is 53.3 Å². The van der Waals surface area contributed by atoms with E-state index in [2.05, 4.69) is 25.6 Å². The van der Waals surface area contributed by atoms with Crippen LogP contribution in [0.15, 0.2) is 49.1 Å². The molecule has 0 spiro atoms. The zero-order valence-corrected chi connectivity index (χ0v) is 24.3. The quantitative estimate of drug-likeness (QED) is 0.130. The fraction of sp³-hybridized carbons (Fsp3) is 0.444. The first-order chi connectivity index (χ1) is 22.1. The Morgan fingerprint density at radius 3 is 1.61 bits per heavy atom. The van der Waals surface area contributed by atoms with Crippen LogP contribution in [0.25, 0.3) is 22.5 Å². The summed E-state index contributed by atoms with van der Waals surface area (Å²) in [5.41, 5.74) is -1.75. The number of hydrogen-bond acceptors (Lipinski definition) is 14. The highest BCUT2D eigenvalue weighted by Crippen LogP contribution is 2.42. The standard InChI is InChI=1S/C27H28F3N7O8S/c28-13-5-12(6-14(29)19(13)30)16-8-37(35-33-16)21-23(41)18(10-39)45-27(25(21)43)46-26-24(42)20(22(40)17(9-38)44-26)36-7-15(32-34-36)11-1-3-31-4-2-11/h1-8,17-18,20-27,38-43H,9-10H2/t17-,18?,20?,21?,22?,23+,24-,25+,26+,27+/m1/s1. The Morgan fingerprint density at radius 1 is 0.696 bits per heavy atom. The molecule has 2 fully saturated rings. The summed E-state index contributed by atoms with van der Waals surface area (Å²) in [6.07, 6.45) is -2.83.